The fraction of sp³-hybridized carbons (Fsp3) is 0.219. The quantitative estimate of drug-likeness (QED) is 0.166. The predicted molar refractivity (Wildman–Crippen MR) is 162 cm³/mol. The van der Waals surface area contributed by atoms with Crippen LogP contribution in [0.4, 0.5) is 11.4 Å². The third-order valence-corrected chi connectivity index (χ3v) is 7.69. The summed E-state index contributed by atoms with van der Waals surface area (Å²) in [5, 5.41) is 15.2. The largest absolute Gasteiger partial charge is 0.507 e. The molecule has 6 rings (SSSR count). The highest BCUT2D eigenvalue weighted by atomic mass is 35.5. The van der Waals surface area contributed by atoms with Gasteiger partial charge in [0.2, 0.25) is 0 Å². The monoisotopic (exact) mass is 584 g/mol. The number of halogens is 1. The SMILES string of the molecule is CCOCCOc1ccc(C(=O)Nc2ccc3nc(C(=O)N4CC(CCl)c5c4cc(O)c4ccccc54)cn3c2)cc1. The molecule has 0 bridgehead atoms. The van der Waals surface area contributed by atoms with E-state index in [-0.39, 0.29) is 29.2 Å². The number of hydrogen-bond acceptors (Lipinski definition) is 6. The molecule has 3 aromatic carbocycles. The van der Waals surface area contributed by atoms with Crippen LogP contribution in [0.15, 0.2) is 79.1 Å². The van der Waals surface area contributed by atoms with Crippen LogP contribution < -0.4 is 15.0 Å². The van der Waals surface area contributed by atoms with E-state index in [1.165, 1.54) is 0 Å². The van der Waals surface area contributed by atoms with Gasteiger partial charge in [0.25, 0.3) is 11.8 Å². The maximum absolute atomic E-state index is 13.7. The van der Waals surface area contributed by atoms with Crippen LogP contribution in [0, 0.1) is 0 Å². The third-order valence-electron chi connectivity index (χ3n) is 7.32. The molecule has 1 atom stereocenters. The second-order valence-electron chi connectivity index (χ2n) is 9.97. The molecule has 10 heteroatoms. The molecule has 1 aliphatic rings. The highest BCUT2D eigenvalue weighted by Crippen LogP contribution is 2.45. The molecule has 3 heterocycles. The smallest absolute Gasteiger partial charge is 0.278 e. The molecule has 2 N–H and O–H groups in total. The van der Waals surface area contributed by atoms with E-state index in [2.05, 4.69) is 10.3 Å². The summed E-state index contributed by atoms with van der Waals surface area (Å²) in [6.07, 6.45) is 3.34. The van der Waals surface area contributed by atoms with Gasteiger partial charge in [-0.2, -0.15) is 0 Å². The van der Waals surface area contributed by atoms with E-state index in [0.717, 1.165) is 16.3 Å². The number of amides is 2. The van der Waals surface area contributed by atoms with Gasteiger partial charge in [-0.15, -0.1) is 11.6 Å². The topological polar surface area (TPSA) is 105 Å². The molecule has 1 unspecified atom stereocenters. The van der Waals surface area contributed by atoms with Gasteiger partial charge >= 0.3 is 0 Å². The van der Waals surface area contributed by atoms with Gasteiger partial charge in [-0.1, -0.05) is 24.3 Å². The Hall–Kier alpha value is -4.60. The number of aromatic nitrogens is 2. The molecule has 42 heavy (non-hydrogen) atoms. The number of rotatable bonds is 9. The van der Waals surface area contributed by atoms with Crippen molar-refractivity contribution in [3.8, 4) is 11.5 Å². The maximum atomic E-state index is 13.7. The Bertz CT molecular complexity index is 1790. The number of anilines is 2. The molecular formula is C32H29ClN4O5. The average Bonchev–Trinajstić information content (AvgIpc) is 3.61. The number of nitrogens with zero attached hydrogens (tertiary/aromatic N) is 3. The Kier molecular flexibility index (Phi) is 7.69. The number of pyridine rings is 1. The summed E-state index contributed by atoms with van der Waals surface area (Å²) in [6, 6.07) is 19.5. The summed E-state index contributed by atoms with van der Waals surface area (Å²) in [4.78, 5) is 32.7. The minimum Gasteiger partial charge on any atom is -0.507 e. The number of carbonyl (C=O) groups is 2. The van der Waals surface area contributed by atoms with Gasteiger partial charge in [0.1, 0.15) is 29.4 Å². The van der Waals surface area contributed by atoms with E-state index in [9.17, 15) is 14.7 Å². The lowest BCUT2D eigenvalue weighted by Crippen LogP contribution is -2.30. The normalized spacial score (nSPS) is 14.3. The molecule has 5 aromatic rings. The van der Waals surface area contributed by atoms with Crippen molar-refractivity contribution in [1.29, 1.82) is 0 Å². The first-order valence-electron chi connectivity index (χ1n) is 13.7. The van der Waals surface area contributed by atoms with Crippen LogP contribution in [-0.2, 0) is 4.74 Å². The lowest BCUT2D eigenvalue weighted by atomic mass is 9.95. The van der Waals surface area contributed by atoms with Crippen molar-refractivity contribution in [2.75, 3.05) is 42.5 Å². The van der Waals surface area contributed by atoms with Crippen LogP contribution in [0.25, 0.3) is 16.4 Å². The zero-order valence-electron chi connectivity index (χ0n) is 22.9. The number of carbonyl (C=O) groups excluding carboxylic acids is 2. The van der Waals surface area contributed by atoms with Crippen molar-refractivity contribution in [2.24, 2.45) is 0 Å². The third kappa shape index (κ3) is 5.24. The lowest BCUT2D eigenvalue weighted by Gasteiger charge is -2.17. The van der Waals surface area contributed by atoms with Crippen molar-refractivity contribution in [1.82, 2.24) is 9.38 Å². The van der Waals surface area contributed by atoms with Crippen LogP contribution in [0.3, 0.4) is 0 Å². The number of benzene rings is 3. The summed E-state index contributed by atoms with van der Waals surface area (Å²) in [7, 11) is 0. The second-order valence-corrected chi connectivity index (χ2v) is 10.3. The second kappa shape index (κ2) is 11.7. The van der Waals surface area contributed by atoms with Gasteiger partial charge < -0.3 is 29.2 Å². The summed E-state index contributed by atoms with van der Waals surface area (Å²) in [6.45, 7) is 3.89. The number of alkyl halides is 1. The van der Waals surface area contributed by atoms with E-state index < -0.39 is 0 Å². The molecule has 0 spiro atoms. The highest BCUT2D eigenvalue weighted by Gasteiger charge is 2.35. The van der Waals surface area contributed by atoms with Crippen molar-refractivity contribution >= 4 is 51.2 Å². The highest BCUT2D eigenvalue weighted by molar-refractivity contribution is 6.19. The Morgan fingerprint density at radius 3 is 2.60 bits per heavy atom. The van der Waals surface area contributed by atoms with Gasteiger partial charge in [-0.25, -0.2) is 4.98 Å². The van der Waals surface area contributed by atoms with E-state index >= 15 is 0 Å². The Labute approximate surface area is 247 Å². The van der Waals surface area contributed by atoms with Gasteiger partial charge in [0.15, 0.2) is 0 Å². The van der Waals surface area contributed by atoms with Gasteiger partial charge in [0.05, 0.1) is 18.0 Å². The summed E-state index contributed by atoms with van der Waals surface area (Å²) in [5.41, 5.74) is 3.41. The number of phenols is 1. The maximum Gasteiger partial charge on any atom is 0.278 e. The molecule has 2 amide bonds. The van der Waals surface area contributed by atoms with E-state index in [1.807, 2.05) is 31.2 Å². The molecule has 0 fully saturated rings. The average molecular weight is 585 g/mol. The summed E-state index contributed by atoms with van der Waals surface area (Å²) < 4.78 is 12.6. The number of ether oxygens (including phenoxy) is 2. The Balaban J connectivity index is 1.19. The first kappa shape index (κ1) is 27.6. The van der Waals surface area contributed by atoms with Crippen molar-refractivity contribution in [3.05, 3.63) is 95.9 Å². The zero-order valence-corrected chi connectivity index (χ0v) is 23.7. The summed E-state index contributed by atoms with van der Waals surface area (Å²) >= 11 is 6.33. The predicted octanol–water partition coefficient (Wildman–Crippen LogP) is 5.84. The first-order chi connectivity index (χ1) is 20.5. The van der Waals surface area contributed by atoms with Gasteiger partial charge in [-0.05, 0) is 54.3 Å². The lowest BCUT2D eigenvalue weighted by molar-refractivity contribution is 0.0982. The molecule has 1 aliphatic heterocycles. The fourth-order valence-electron chi connectivity index (χ4n) is 5.32. The number of fused-ring (bicyclic) bond motifs is 4. The minimum atomic E-state index is -0.295. The standard InChI is InChI=1S/C32H29ClN4O5/c1-2-41-13-14-42-23-10-7-20(8-11-23)31(39)34-22-9-12-29-35-26(19-36(29)18-22)32(40)37-17-21(16-33)30-25-6-4-3-5-24(25)28(38)15-27(30)37/h3-12,15,18-19,21,38H,2,13-14,16-17H2,1H3,(H,34,39). The van der Waals surface area contributed by atoms with Crippen LogP contribution in [0.5, 0.6) is 11.5 Å². The van der Waals surface area contributed by atoms with Crippen molar-refractivity contribution in [2.45, 2.75) is 12.8 Å². The number of phenolic OH excluding ortho intramolecular Hbond substituents is 1. The zero-order chi connectivity index (χ0) is 29.2. The van der Waals surface area contributed by atoms with Gasteiger partial charge in [0, 0.05) is 54.4 Å². The number of imidazole rings is 1. The Morgan fingerprint density at radius 1 is 1.05 bits per heavy atom. The molecule has 0 saturated heterocycles. The molecule has 0 saturated carbocycles. The molecular weight excluding hydrogens is 556 g/mol. The van der Waals surface area contributed by atoms with Gasteiger partial charge in [-0.3, -0.25) is 9.59 Å². The van der Waals surface area contributed by atoms with Crippen molar-refractivity contribution in [3.63, 3.8) is 0 Å². The Morgan fingerprint density at radius 2 is 1.83 bits per heavy atom. The number of aromatic hydroxyl groups is 1. The number of nitrogens with one attached hydrogen (secondary N) is 1. The first-order valence-corrected chi connectivity index (χ1v) is 14.2. The summed E-state index contributed by atoms with van der Waals surface area (Å²) in [5.74, 6) is 0.450. The number of hydrogen-bond donors (Lipinski definition) is 2. The fourth-order valence-corrected chi connectivity index (χ4v) is 5.57. The molecule has 0 aliphatic carbocycles. The van der Waals surface area contributed by atoms with E-state index in [0.29, 0.717) is 60.6 Å². The van der Waals surface area contributed by atoms with Crippen LogP contribution in [-0.4, -0.2) is 58.6 Å². The molecule has 9 nitrogen and oxygen atoms in total. The van der Waals surface area contributed by atoms with Crippen LogP contribution >= 0.6 is 11.6 Å². The van der Waals surface area contributed by atoms with Crippen LogP contribution in [0.2, 0.25) is 0 Å². The van der Waals surface area contributed by atoms with Crippen LogP contribution in [0.1, 0.15) is 39.3 Å². The molecule has 214 valence electrons. The van der Waals surface area contributed by atoms with E-state index in [4.69, 9.17) is 21.1 Å². The van der Waals surface area contributed by atoms with E-state index in [1.54, 1.807) is 64.2 Å². The minimum absolute atomic E-state index is 0.0781. The molecule has 0 radical (unpaired) electrons. The molecule has 2 aromatic heterocycles. The van der Waals surface area contributed by atoms with Crippen molar-refractivity contribution < 1.29 is 24.2 Å².